The highest BCUT2D eigenvalue weighted by molar-refractivity contribution is 5.76. The molecule has 0 bridgehead atoms. The molecule has 0 saturated carbocycles. The maximum Gasteiger partial charge on any atom is 0.220 e. The van der Waals surface area contributed by atoms with Crippen molar-refractivity contribution in [3.05, 3.63) is 47.5 Å². The van der Waals surface area contributed by atoms with Gasteiger partial charge in [0.2, 0.25) is 5.91 Å². The number of methoxy groups -OCH3 is 3. The normalized spacial score (nSPS) is 11.7. The Kier molecular flexibility index (Phi) is 8.19. The van der Waals surface area contributed by atoms with E-state index in [1.807, 2.05) is 57.2 Å². The van der Waals surface area contributed by atoms with Gasteiger partial charge in [-0.2, -0.15) is 0 Å². The van der Waals surface area contributed by atoms with Gasteiger partial charge >= 0.3 is 0 Å². The number of aryl methyl sites for hydroxylation is 1. The number of amides is 1. The predicted octanol–water partition coefficient (Wildman–Crippen LogP) is 4.31. The van der Waals surface area contributed by atoms with Crippen LogP contribution in [-0.2, 0) is 11.2 Å². The van der Waals surface area contributed by atoms with Crippen LogP contribution in [0.1, 0.15) is 44.4 Å². The minimum atomic E-state index is -0.144. The highest BCUT2D eigenvalue weighted by Gasteiger charge is 2.14. The van der Waals surface area contributed by atoms with Gasteiger partial charge in [0, 0.05) is 6.42 Å². The molecule has 0 aromatic heterocycles. The molecule has 0 fully saturated rings. The van der Waals surface area contributed by atoms with E-state index < -0.39 is 0 Å². The van der Waals surface area contributed by atoms with Crippen LogP contribution >= 0.6 is 0 Å². The summed E-state index contributed by atoms with van der Waals surface area (Å²) in [6, 6.07) is 11.3. The third-order valence-electron chi connectivity index (χ3n) is 4.52. The number of rotatable bonds is 10. The number of nitrogens with one attached hydrogen (secondary N) is 1. The first-order valence-corrected chi connectivity index (χ1v) is 9.72. The van der Waals surface area contributed by atoms with Crippen LogP contribution in [0, 0.1) is 0 Å². The molecule has 0 heterocycles. The van der Waals surface area contributed by atoms with E-state index in [0.29, 0.717) is 35.8 Å². The largest absolute Gasteiger partial charge is 0.493 e. The average molecular weight is 402 g/mol. The lowest BCUT2D eigenvalue weighted by Crippen LogP contribution is -2.26. The summed E-state index contributed by atoms with van der Waals surface area (Å²) in [5, 5.41) is 3.04. The van der Waals surface area contributed by atoms with E-state index in [9.17, 15) is 4.79 Å². The van der Waals surface area contributed by atoms with Crippen molar-refractivity contribution in [1.29, 1.82) is 0 Å². The van der Waals surface area contributed by atoms with Gasteiger partial charge in [0.25, 0.3) is 0 Å². The van der Waals surface area contributed by atoms with E-state index in [2.05, 4.69) is 5.32 Å². The summed E-state index contributed by atoms with van der Waals surface area (Å²) in [6.07, 6.45) is 1.05. The summed E-state index contributed by atoms with van der Waals surface area (Å²) in [7, 11) is 4.81. The van der Waals surface area contributed by atoms with Crippen LogP contribution in [0.4, 0.5) is 0 Å². The zero-order chi connectivity index (χ0) is 21.4. The second-order valence-electron chi connectivity index (χ2n) is 7.06. The van der Waals surface area contributed by atoms with Crippen LogP contribution in [-0.4, -0.2) is 33.3 Å². The Morgan fingerprint density at radius 3 is 2.10 bits per heavy atom. The van der Waals surface area contributed by atoms with Gasteiger partial charge < -0.3 is 24.3 Å². The first kappa shape index (κ1) is 22.4. The molecule has 0 spiro atoms. The van der Waals surface area contributed by atoms with Crippen LogP contribution in [0.15, 0.2) is 36.4 Å². The second-order valence-corrected chi connectivity index (χ2v) is 7.06. The van der Waals surface area contributed by atoms with Crippen molar-refractivity contribution in [2.45, 2.75) is 45.8 Å². The molecule has 0 aliphatic carbocycles. The molecule has 1 atom stereocenters. The Morgan fingerprint density at radius 2 is 1.48 bits per heavy atom. The van der Waals surface area contributed by atoms with Crippen LogP contribution in [0.25, 0.3) is 0 Å². The van der Waals surface area contributed by atoms with Crippen LogP contribution < -0.4 is 24.3 Å². The first-order valence-electron chi connectivity index (χ1n) is 9.72. The maximum atomic E-state index is 12.4. The monoisotopic (exact) mass is 401 g/mol. The van der Waals surface area contributed by atoms with E-state index in [1.165, 1.54) is 0 Å². The molecule has 29 heavy (non-hydrogen) atoms. The Morgan fingerprint density at radius 1 is 0.862 bits per heavy atom. The molecule has 158 valence electrons. The molecule has 6 nitrogen and oxygen atoms in total. The summed E-state index contributed by atoms with van der Waals surface area (Å²) >= 11 is 0. The van der Waals surface area contributed by atoms with Crippen molar-refractivity contribution in [2.24, 2.45) is 0 Å². The van der Waals surface area contributed by atoms with E-state index in [1.54, 1.807) is 21.3 Å². The van der Waals surface area contributed by atoms with Crippen molar-refractivity contribution in [3.63, 3.8) is 0 Å². The van der Waals surface area contributed by atoms with Gasteiger partial charge in [-0.1, -0.05) is 12.1 Å². The lowest BCUT2D eigenvalue weighted by atomic mass is 10.1. The third kappa shape index (κ3) is 6.31. The van der Waals surface area contributed by atoms with Crippen molar-refractivity contribution in [2.75, 3.05) is 21.3 Å². The lowest BCUT2D eigenvalue weighted by Gasteiger charge is -2.18. The molecule has 0 saturated heterocycles. The van der Waals surface area contributed by atoms with Gasteiger partial charge in [-0.15, -0.1) is 0 Å². The fourth-order valence-electron chi connectivity index (χ4n) is 3.00. The Labute approximate surface area is 173 Å². The summed E-state index contributed by atoms with van der Waals surface area (Å²) < 4.78 is 21.7. The summed E-state index contributed by atoms with van der Waals surface area (Å²) in [5.74, 6) is 2.66. The topological polar surface area (TPSA) is 66.0 Å². The lowest BCUT2D eigenvalue weighted by molar-refractivity contribution is -0.121. The van der Waals surface area contributed by atoms with Crippen molar-refractivity contribution >= 4 is 5.91 Å². The zero-order valence-corrected chi connectivity index (χ0v) is 18.1. The number of carbonyl (C=O) groups is 1. The minimum Gasteiger partial charge on any atom is -0.493 e. The fraction of sp³-hybridized carbons (Fsp3) is 0.435. The molecule has 6 heteroatoms. The van der Waals surface area contributed by atoms with E-state index >= 15 is 0 Å². The Bertz CT molecular complexity index is 819. The summed E-state index contributed by atoms with van der Waals surface area (Å²) in [6.45, 7) is 5.88. The SMILES string of the molecule is COc1ccc(CCC(=O)NC(C)c2ccc(OC(C)C)c(OC)c2)cc1OC. The quantitative estimate of drug-likeness (QED) is 0.643. The third-order valence-corrected chi connectivity index (χ3v) is 4.52. The van der Waals surface area contributed by atoms with Gasteiger partial charge in [-0.3, -0.25) is 4.79 Å². The molecule has 1 amide bonds. The molecular weight excluding hydrogens is 370 g/mol. The molecule has 2 aromatic rings. The molecule has 0 radical (unpaired) electrons. The predicted molar refractivity (Wildman–Crippen MR) is 113 cm³/mol. The molecule has 2 aromatic carbocycles. The maximum absolute atomic E-state index is 12.4. The van der Waals surface area contributed by atoms with Crippen molar-refractivity contribution in [1.82, 2.24) is 5.32 Å². The Balaban J connectivity index is 1.96. The molecule has 1 N–H and O–H groups in total. The van der Waals surface area contributed by atoms with Crippen LogP contribution in [0.2, 0.25) is 0 Å². The number of carbonyl (C=O) groups excluding carboxylic acids is 1. The number of benzene rings is 2. The number of hydrogen-bond acceptors (Lipinski definition) is 5. The first-order chi connectivity index (χ1) is 13.9. The highest BCUT2D eigenvalue weighted by atomic mass is 16.5. The second kappa shape index (κ2) is 10.6. The van der Waals surface area contributed by atoms with Crippen LogP contribution in [0.5, 0.6) is 23.0 Å². The van der Waals surface area contributed by atoms with Crippen molar-refractivity contribution < 1.29 is 23.7 Å². The number of hydrogen-bond donors (Lipinski definition) is 1. The van der Waals surface area contributed by atoms with E-state index in [4.69, 9.17) is 18.9 Å². The molecule has 0 aliphatic rings. The van der Waals surface area contributed by atoms with Crippen molar-refractivity contribution in [3.8, 4) is 23.0 Å². The average Bonchev–Trinajstić information content (AvgIpc) is 2.71. The van der Waals surface area contributed by atoms with Crippen LogP contribution in [0.3, 0.4) is 0 Å². The van der Waals surface area contributed by atoms with Gasteiger partial charge in [0.1, 0.15) is 0 Å². The van der Waals surface area contributed by atoms with Gasteiger partial charge in [-0.05, 0) is 62.6 Å². The van der Waals surface area contributed by atoms with Gasteiger partial charge in [-0.25, -0.2) is 0 Å². The molecule has 1 unspecified atom stereocenters. The highest BCUT2D eigenvalue weighted by Crippen LogP contribution is 2.31. The molecule has 2 rings (SSSR count). The number of ether oxygens (including phenoxy) is 4. The fourth-order valence-corrected chi connectivity index (χ4v) is 3.00. The van der Waals surface area contributed by atoms with Gasteiger partial charge in [0.05, 0.1) is 33.5 Å². The standard InChI is InChI=1S/C23H31NO5/c1-15(2)29-20-11-9-18(14-22(20)28-6)16(3)24-23(25)12-8-17-7-10-19(26-4)21(13-17)27-5/h7,9-11,13-16H,8,12H2,1-6H3,(H,24,25). The Hall–Kier alpha value is -2.89. The van der Waals surface area contributed by atoms with E-state index in [-0.39, 0.29) is 18.1 Å². The summed E-state index contributed by atoms with van der Waals surface area (Å²) in [5.41, 5.74) is 1.97. The summed E-state index contributed by atoms with van der Waals surface area (Å²) in [4.78, 5) is 12.4. The molecule has 0 aliphatic heterocycles. The zero-order valence-electron chi connectivity index (χ0n) is 18.1. The smallest absolute Gasteiger partial charge is 0.220 e. The van der Waals surface area contributed by atoms with Gasteiger partial charge in [0.15, 0.2) is 23.0 Å². The minimum absolute atomic E-state index is 0.0197. The molecular formula is C23H31NO5. The van der Waals surface area contributed by atoms with E-state index in [0.717, 1.165) is 11.1 Å².